The summed E-state index contributed by atoms with van der Waals surface area (Å²) in [4.78, 5) is 16.6. The van der Waals surface area contributed by atoms with E-state index in [1.54, 1.807) is 18.3 Å². The van der Waals surface area contributed by atoms with E-state index in [1.165, 1.54) is 0 Å². The number of anilines is 2. The summed E-state index contributed by atoms with van der Waals surface area (Å²) in [6.45, 7) is 3.96. The highest BCUT2D eigenvalue weighted by molar-refractivity contribution is 7.91. The van der Waals surface area contributed by atoms with Crippen LogP contribution in [0.5, 0.6) is 0 Å². The number of aromatic nitrogens is 1. The van der Waals surface area contributed by atoms with Gasteiger partial charge >= 0.3 is 0 Å². The molecule has 0 saturated carbocycles. The minimum atomic E-state index is -2.96. The van der Waals surface area contributed by atoms with Gasteiger partial charge in [-0.3, -0.25) is 4.79 Å². The Hall–Kier alpha value is -2.41. The number of pyridine rings is 1. The van der Waals surface area contributed by atoms with Gasteiger partial charge in [0.05, 0.1) is 11.5 Å². The average Bonchev–Trinajstić information content (AvgIpc) is 2.85. The Labute approximate surface area is 147 Å². The highest BCUT2D eigenvalue weighted by Crippen LogP contribution is 2.18. The molecule has 1 amide bonds. The van der Waals surface area contributed by atoms with E-state index in [0.717, 1.165) is 16.8 Å². The molecule has 25 heavy (non-hydrogen) atoms. The van der Waals surface area contributed by atoms with Gasteiger partial charge < -0.3 is 10.6 Å². The first kappa shape index (κ1) is 17.4. The first-order valence-electron chi connectivity index (χ1n) is 8.13. The number of rotatable bonds is 4. The van der Waals surface area contributed by atoms with Crippen LogP contribution in [-0.4, -0.2) is 36.9 Å². The van der Waals surface area contributed by atoms with Crippen molar-refractivity contribution in [2.45, 2.75) is 26.3 Å². The van der Waals surface area contributed by atoms with Gasteiger partial charge in [-0.2, -0.15) is 0 Å². The van der Waals surface area contributed by atoms with Crippen LogP contribution < -0.4 is 10.6 Å². The van der Waals surface area contributed by atoms with Gasteiger partial charge in [0, 0.05) is 23.5 Å². The number of nitrogens with one attached hydrogen (secondary N) is 2. The molecule has 1 aliphatic heterocycles. The smallest absolute Gasteiger partial charge is 0.255 e. The standard InChI is InChI=1S/C18H21N3O3S/c1-12-7-13(2)9-16(8-12)21-18(22)14-3-5-19-17(10-14)20-15-4-6-25(23,24)11-15/h3,5,7-10,15H,4,6,11H2,1-2H3,(H,19,20)(H,21,22). The van der Waals surface area contributed by atoms with Crippen molar-refractivity contribution in [1.29, 1.82) is 0 Å². The van der Waals surface area contributed by atoms with E-state index in [9.17, 15) is 13.2 Å². The fourth-order valence-electron chi connectivity index (χ4n) is 3.02. The number of amides is 1. The zero-order chi connectivity index (χ0) is 18.0. The van der Waals surface area contributed by atoms with Crippen molar-refractivity contribution in [3.8, 4) is 0 Å². The second-order valence-electron chi connectivity index (χ2n) is 6.50. The van der Waals surface area contributed by atoms with Crippen LogP contribution in [0.25, 0.3) is 0 Å². The SMILES string of the molecule is Cc1cc(C)cc(NC(=O)c2ccnc(NC3CCS(=O)(=O)C3)c2)c1. The molecule has 7 heteroatoms. The lowest BCUT2D eigenvalue weighted by Crippen LogP contribution is -2.21. The molecule has 2 N–H and O–H groups in total. The average molecular weight is 359 g/mol. The molecule has 2 heterocycles. The summed E-state index contributed by atoms with van der Waals surface area (Å²) in [5.41, 5.74) is 3.37. The lowest BCUT2D eigenvalue weighted by atomic mass is 10.1. The van der Waals surface area contributed by atoms with E-state index in [-0.39, 0.29) is 23.5 Å². The Kier molecular flexibility index (Phi) is 4.76. The van der Waals surface area contributed by atoms with Gasteiger partial charge in [0.2, 0.25) is 0 Å². The maximum Gasteiger partial charge on any atom is 0.255 e. The third-order valence-corrected chi connectivity index (χ3v) is 5.85. The first-order chi connectivity index (χ1) is 11.8. The Morgan fingerprint density at radius 1 is 1.16 bits per heavy atom. The van der Waals surface area contributed by atoms with E-state index in [4.69, 9.17) is 0 Å². The van der Waals surface area contributed by atoms with Crippen LogP contribution in [0.15, 0.2) is 36.5 Å². The predicted molar refractivity (Wildman–Crippen MR) is 98.8 cm³/mol. The largest absolute Gasteiger partial charge is 0.366 e. The van der Waals surface area contributed by atoms with Crippen molar-refractivity contribution in [1.82, 2.24) is 4.98 Å². The van der Waals surface area contributed by atoms with Gasteiger partial charge in [-0.1, -0.05) is 6.07 Å². The van der Waals surface area contributed by atoms with E-state index in [0.29, 0.717) is 17.8 Å². The van der Waals surface area contributed by atoms with Crippen LogP contribution in [0.3, 0.4) is 0 Å². The normalized spacial score (nSPS) is 18.7. The van der Waals surface area contributed by atoms with Gasteiger partial charge in [-0.25, -0.2) is 13.4 Å². The molecule has 1 aromatic carbocycles. The van der Waals surface area contributed by atoms with Gasteiger partial charge in [0.25, 0.3) is 5.91 Å². The summed E-state index contributed by atoms with van der Waals surface area (Å²) in [6, 6.07) is 8.98. The Balaban J connectivity index is 1.71. The van der Waals surface area contributed by atoms with Crippen LogP contribution in [0, 0.1) is 13.8 Å². The third kappa shape index (κ3) is 4.57. The Morgan fingerprint density at radius 3 is 2.52 bits per heavy atom. The number of benzene rings is 1. The van der Waals surface area contributed by atoms with E-state index < -0.39 is 9.84 Å². The van der Waals surface area contributed by atoms with Gasteiger partial charge in [0.1, 0.15) is 5.82 Å². The van der Waals surface area contributed by atoms with Crippen molar-refractivity contribution in [2.24, 2.45) is 0 Å². The Bertz CT molecular complexity index is 889. The summed E-state index contributed by atoms with van der Waals surface area (Å²) in [5.74, 6) is 0.579. The van der Waals surface area contributed by atoms with Crippen LogP contribution in [-0.2, 0) is 9.84 Å². The summed E-state index contributed by atoms with van der Waals surface area (Å²) in [7, 11) is -2.96. The van der Waals surface area contributed by atoms with Crippen molar-refractivity contribution in [3.63, 3.8) is 0 Å². The molecule has 1 fully saturated rings. The van der Waals surface area contributed by atoms with Gasteiger partial charge in [-0.05, 0) is 55.7 Å². The lowest BCUT2D eigenvalue weighted by molar-refractivity contribution is 0.102. The van der Waals surface area contributed by atoms with Crippen molar-refractivity contribution in [3.05, 3.63) is 53.2 Å². The maximum atomic E-state index is 12.5. The number of aryl methyl sites for hydroxylation is 2. The monoisotopic (exact) mass is 359 g/mol. The third-order valence-electron chi connectivity index (χ3n) is 4.09. The number of sulfone groups is 1. The minimum Gasteiger partial charge on any atom is -0.366 e. The van der Waals surface area contributed by atoms with Gasteiger partial charge in [0.15, 0.2) is 9.84 Å². The summed E-state index contributed by atoms with van der Waals surface area (Å²) >= 11 is 0. The molecular weight excluding hydrogens is 338 g/mol. The molecule has 132 valence electrons. The quantitative estimate of drug-likeness (QED) is 0.876. The van der Waals surface area contributed by atoms with Crippen molar-refractivity contribution < 1.29 is 13.2 Å². The lowest BCUT2D eigenvalue weighted by Gasteiger charge is -2.12. The molecule has 0 bridgehead atoms. The molecule has 1 aromatic heterocycles. The number of carbonyl (C=O) groups is 1. The summed E-state index contributed by atoms with van der Waals surface area (Å²) < 4.78 is 23.1. The molecule has 1 saturated heterocycles. The Morgan fingerprint density at radius 2 is 1.88 bits per heavy atom. The van der Waals surface area contributed by atoms with Gasteiger partial charge in [-0.15, -0.1) is 0 Å². The predicted octanol–water partition coefficient (Wildman–Crippen LogP) is 2.55. The number of hydrogen-bond donors (Lipinski definition) is 2. The second kappa shape index (κ2) is 6.84. The fraction of sp³-hybridized carbons (Fsp3) is 0.333. The first-order valence-corrected chi connectivity index (χ1v) is 9.95. The molecule has 3 rings (SSSR count). The molecule has 0 radical (unpaired) electrons. The fourth-order valence-corrected chi connectivity index (χ4v) is 4.69. The van der Waals surface area contributed by atoms with Crippen molar-refractivity contribution in [2.75, 3.05) is 22.1 Å². The minimum absolute atomic E-state index is 0.105. The highest BCUT2D eigenvalue weighted by atomic mass is 32.2. The van der Waals surface area contributed by atoms with Crippen LogP contribution >= 0.6 is 0 Å². The topological polar surface area (TPSA) is 88.2 Å². The molecule has 1 atom stereocenters. The zero-order valence-electron chi connectivity index (χ0n) is 14.2. The van der Waals surface area contributed by atoms with Crippen LogP contribution in [0.4, 0.5) is 11.5 Å². The maximum absolute atomic E-state index is 12.5. The van der Waals surface area contributed by atoms with E-state index in [2.05, 4.69) is 15.6 Å². The molecule has 2 aromatic rings. The zero-order valence-corrected chi connectivity index (χ0v) is 15.1. The number of carbonyl (C=O) groups excluding carboxylic acids is 1. The van der Waals surface area contributed by atoms with Crippen molar-refractivity contribution >= 4 is 27.2 Å². The second-order valence-corrected chi connectivity index (χ2v) is 8.73. The van der Waals surface area contributed by atoms with E-state index in [1.807, 2.05) is 32.0 Å². The molecule has 0 aliphatic carbocycles. The molecule has 0 spiro atoms. The van der Waals surface area contributed by atoms with Crippen LogP contribution in [0.1, 0.15) is 27.9 Å². The number of nitrogens with zero attached hydrogens (tertiary/aromatic N) is 1. The van der Waals surface area contributed by atoms with Crippen LogP contribution in [0.2, 0.25) is 0 Å². The van der Waals surface area contributed by atoms with E-state index >= 15 is 0 Å². The number of hydrogen-bond acceptors (Lipinski definition) is 5. The summed E-state index contributed by atoms with van der Waals surface area (Å²) in [5, 5.41) is 5.99. The molecule has 1 aliphatic rings. The molecule has 6 nitrogen and oxygen atoms in total. The highest BCUT2D eigenvalue weighted by Gasteiger charge is 2.28. The molecule has 1 unspecified atom stereocenters. The summed E-state index contributed by atoms with van der Waals surface area (Å²) in [6.07, 6.45) is 2.10. The molecular formula is C18H21N3O3S.